The summed E-state index contributed by atoms with van der Waals surface area (Å²) in [7, 11) is 1.35. The topological polar surface area (TPSA) is 52.3 Å². The molecule has 3 heteroatoms. The van der Waals surface area contributed by atoms with E-state index < -0.39 is 6.04 Å². The number of methoxy groups -OCH3 is 1. The molecule has 0 fully saturated rings. The van der Waals surface area contributed by atoms with Crippen molar-refractivity contribution < 1.29 is 9.53 Å². The highest BCUT2D eigenvalue weighted by atomic mass is 16.5. The lowest BCUT2D eigenvalue weighted by molar-refractivity contribution is -0.142. The van der Waals surface area contributed by atoms with Crippen LogP contribution in [0.4, 0.5) is 0 Å². The summed E-state index contributed by atoms with van der Waals surface area (Å²) in [5.74, 6) is -0.346. The van der Waals surface area contributed by atoms with Gasteiger partial charge in [0.05, 0.1) is 7.11 Å². The Morgan fingerprint density at radius 3 is 2.64 bits per heavy atom. The molecule has 0 unspecified atom stereocenters. The highest BCUT2D eigenvalue weighted by Gasteiger charge is 2.12. The average Bonchev–Trinajstić information content (AvgIpc) is 2.26. The van der Waals surface area contributed by atoms with Crippen LogP contribution in [0.2, 0.25) is 0 Å². The average molecular weight is 193 g/mol. The number of carbonyl (C=O) groups is 1. The molecule has 1 rings (SSSR count). The molecule has 76 valence electrons. The normalized spacial score (nSPS) is 12.1. The summed E-state index contributed by atoms with van der Waals surface area (Å²) >= 11 is 0. The van der Waals surface area contributed by atoms with Gasteiger partial charge in [-0.25, -0.2) is 0 Å². The third-order valence-corrected chi connectivity index (χ3v) is 2.09. The van der Waals surface area contributed by atoms with Gasteiger partial charge in [-0.1, -0.05) is 30.3 Å². The lowest BCUT2D eigenvalue weighted by Gasteiger charge is -2.08. The van der Waals surface area contributed by atoms with Gasteiger partial charge in [0.25, 0.3) is 0 Å². The summed E-state index contributed by atoms with van der Waals surface area (Å²) in [5, 5.41) is 0. The smallest absolute Gasteiger partial charge is 0.322 e. The Labute approximate surface area is 83.9 Å². The molecule has 0 amide bonds. The Hall–Kier alpha value is -1.35. The second kappa shape index (κ2) is 5.40. The molecule has 0 bridgehead atoms. The van der Waals surface area contributed by atoms with Gasteiger partial charge in [0.15, 0.2) is 0 Å². The lowest BCUT2D eigenvalue weighted by Crippen LogP contribution is -2.31. The fourth-order valence-electron chi connectivity index (χ4n) is 1.24. The van der Waals surface area contributed by atoms with Crippen LogP contribution in [0.3, 0.4) is 0 Å². The van der Waals surface area contributed by atoms with Crippen molar-refractivity contribution in [3.05, 3.63) is 35.9 Å². The summed E-state index contributed by atoms with van der Waals surface area (Å²) < 4.78 is 4.54. The molecule has 0 aliphatic heterocycles. The standard InChI is InChI=1S/C11H15NO2/c1-14-11(13)10(12)8-7-9-5-3-2-4-6-9/h2-6,10H,7-8,12H2,1H3/t10-/m1/s1. The molecule has 0 spiro atoms. The highest BCUT2D eigenvalue weighted by Crippen LogP contribution is 2.04. The SMILES string of the molecule is COC(=O)[C@H](N)CCc1ccccc1. The van der Waals surface area contributed by atoms with Gasteiger partial charge in [-0.05, 0) is 18.4 Å². The summed E-state index contributed by atoms with van der Waals surface area (Å²) in [4.78, 5) is 11.0. The van der Waals surface area contributed by atoms with Gasteiger partial charge in [0.1, 0.15) is 6.04 Å². The zero-order chi connectivity index (χ0) is 10.4. The minimum Gasteiger partial charge on any atom is -0.468 e. The zero-order valence-electron chi connectivity index (χ0n) is 8.27. The molecule has 14 heavy (non-hydrogen) atoms. The molecular weight excluding hydrogens is 178 g/mol. The van der Waals surface area contributed by atoms with Crippen molar-refractivity contribution >= 4 is 5.97 Å². The third kappa shape index (κ3) is 3.18. The van der Waals surface area contributed by atoms with Crippen LogP contribution in [0, 0.1) is 0 Å². The number of rotatable bonds is 4. The number of carbonyl (C=O) groups excluding carboxylic acids is 1. The van der Waals surface area contributed by atoms with Gasteiger partial charge < -0.3 is 10.5 Å². The van der Waals surface area contributed by atoms with E-state index in [0.29, 0.717) is 6.42 Å². The van der Waals surface area contributed by atoms with Gasteiger partial charge in [0.2, 0.25) is 0 Å². The van der Waals surface area contributed by atoms with E-state index in [2.05, 4.69) is 4.74 Å². The Morgan fingerprint density at radius 2 is 2.07 bits per heavy atom. The number of ether oxygens (including phenoxy) is 1. The first-order chi connectivity index (χ1) is 6.74. The van der Waals surface area contributed by atoms with Crippen LogP contribution in [0.5, 0.6) is 0 Å². The minimum absolute atomic E-state index is 0.346. The Balaban J connectivity index is 2.38. The quantitative estimate of drug-likeness (QED) is 0.729. The zero-order valence-corrected chi connectivity index (χ0v) is 8.27. The molecule has 0 heterocycles. The van der Waals surface area contributed by atoms with Crippen LogP contribution in [-0.4, -0.2) is 19.1 Å². The molecule has 2 N–H and O–H groups in total. The Kier molecular flexibility index (Phi) is 4.13. The first kappa shape index (κ1) is 10.7. The van der Waals surface area contributed by atoms with E-state index in [0.717, 1.165) is 6.42 Å². The molecule has 1 aromatic rings. The Bertz CT molecular complexity index is 285. The van der Waals surface area contributed by atoms with Gasteiger partial charge >= 0.3 is 5.97 Å². The maximum atomic E-state index is 11.0. The van der Waals surface area contributed by atoms with Crippen molar-refractivity contribution in [1.82, 2.24) is 0 Å². The van der Waals surface area contributed by atoms with Crippen molar-refractivity contribution in [3.8, 4) is 0 Å². The predicted molar refractivity (Wildman–Crippen MR) is 54.8 cm³/mol. The monoisotopic (exact) mass is 193 g/mol. The fraction of sp³-hybridized carbons (Fsp3) is 0.364. The van der Waals surface area contributed by atoms with Crippen LogP contribution in [0.1, 0.15) is 12.0 Å². The van der Waals surface area contributed by atoms with Gasteiger partial charge in [-0.3, -0.25) is 4.79 Å². The van der Waals surface area contributed by atoms with Crippen molar-refractivity contribution in [1.29, 1.82) is 0 Å². The van der Waals surface area contributed by atoms with E-state index in [9.17, 15) is 4.79 Å². The Morgan fingerprint density at radius 1 is 1.43 bits per heavy atom. The molecule has 0 aliphatic carbocycles. The summed E-state index contributed by atoms with van der Waals surface area (Å²) in [5.41, 5.74) is 6.79. The fourth-order valence-corrected chi connectivity index (χ4v) is 1.24. The molecule has 0 saturated heterocycles. The predicted octanol–water partition coefficient (Wildman–Crippen LogP) is 1.12. The minimum atomic E-state index is -0.514. The van der Waals surface area contributed by atoms with Gasteiger partial charge in [0, 0.05) is 0 Å². The van der Waals surface area contributed by atoms with E-state index in [1.54, 1.807) is 0 Å². The van der Waals surface area contributed by atoms with Crippen molar-refractivity contribution in [2.24, 2.45) is 5.73 Å². The highest BCUT2D eigenvalue weighted by molar-refractivity contribution is 5.75. The van der Waals surface area contributed by atoms with Crippen LogP contribution in [0.25, 0.3) is 0 Å². The maximum Gasteiger partial charge on any atom is 0.322 e. The molecule has 0 aliphatic rings. The van der Waals surface area contributed by atoms with Gasteiger partial charge in [-0.15, -0.1) is 0 Å². The van der Waals surface area contributed by atoms with Crippen molar-refractivity contribution in [2.45, 2.75) is 18.9 Å². The molecule has 0 saturated carbocycles. The van der Waals surface area contributed by atoms with Crippen molar-refractivity contribution in [2.75, 3.05) is 7.11 Å². The lowest BCUT2D eigenvalue weighted by atomic mass is 10.1. The van der Waals surface area contributed by atoms with E-state index in [1.807, 2.05) is 30.3 Å². The van der Waals surface area contributed by atoms with Crippen LogP contribution in [0.15, 0.2) is 30.3 Å². The molecule has 0 aromatic heterocycles. The van der Waals surface area contributed by atoms with E-state index in [1.165, 1.54) is 12.7 Å². The molecule has 1 atom stereocenters. The number of aryl methyl sites for hydroxylation is 1. The number of nitrogens with two attached hydrogens (primary N) is 1. The van der Waals surface area contributed by atoms with E-state index in [4.69, 9.17) is 5.73 Å². The third-order valence-electron chi connectivity index (χ3n) is 2.09. The number of hydrogen-bond donors (Lipinski definition) is 1. The van der Waals surface area contributed by atoms with Crippen LogP contribution < -0.4 is 5.73 Å². The molecule has 3 nitrogen and oxygen atoms in total. The second-order valence-electron chi connectivity index (χ2n) is 3.15. The van der Waals surface area contributed by atoms with Crippen molar-refractivity contribution in [3.63, 3.8) is 0 Å². The van der Waals surface area contributed by atoms with E-state index in [-0.39, 0.29) is 5.97 Å². The molecule has 1 aromatic carbocycles. The molecule has 0 radical (unpaired) electrons. The van der Waals surface area contributed by atoms with E-state index >= 15 is 0 Å². The van der Waals surface area contributed by atoms with Gasteiger partial charge in [-0.2, -0.15) is 0 Å². The molecular formula is C11H15NO2. The summed E-state index contributed by atoms with van der Waals surface area (Å²) in [6.07, 6.45) is 1.42. The number of benzene rings is 1. The van der Waals surface area contributed by atoms with Crippen LogP contribution in [-0.2, 0) is 16.0 Å². The summed E-state index contributed by atoms with van der Waals surface area (Å²) in [6, 6.07) is 9.43. The maximum absolute atomic E-state index is 11.0. The number of hydrogen-bond acceptors (Lipinski definition) is 3. The largest absolute Gasteiger partial charge is 0.468 e. The number of esters is 1. The summed E-state index contributed by atoms with van der Waals surface area (Å²) in [6.45, 7) is 0. The second-order valence-corrected chi connectivity index (χ2v) is 3.15. The van der Waals surface area contributed by atoms with Crippen LogP contribution >= 0.6 is 0 Å². The first-order valence-corrected chi connectivity index (χ1v) is 4.61. The first-order valence-electron chi connectivity index (χ1n) is 4.61.